The minimum absolute atomic E-state index is 0.316. The number of anilines is 1. The van der Waals surface area contributed by atoms with Crippen LogP contribution >= 0.6 is 0 Å². The van der Waals surface area contributed by atoms with Gasteiger partial charge in [0, 0.05) is 42.0 Å². The highest BCUT2D eigenvalue weighted by atomic mass is 16.2. The molecule has 3 N–H and O–H groups in total. The molecule has 8 heteroatoms. The zero-order chi connectivity index (χ0) is 21.8. The van der Waals surface area contributed by atoms with Gasteiger partial charge in [-0.25, -0.2) is 19.7 Å². The van der Waals surface area contributed by atoms with Gasteiger partial charge in [0.05, 0.1) is 5.52 Å². The number of nitrogens with zero attached hydrogens (tertiary/aromatic N) is 4. The Morgan fingerprint density at radius 3 is 2.58 bits per heavy atom. The highest BCUT2D eigenvalue weighted by molar-refractivity contribution is 5.97. The Hall–Kier alpha value is -3.81. The first-order valence-electron chi connectivity index (χ1n) is 10.3. The quantitative estimate of drug-likeness (QED) is 0.432. The standard InChI is InChI=1S/C23H25N7O/c1-4-24-23(31)30-22-28-19-12-16(15-6-7-17(27-13-15)10-14(2)3)11-18(20(19)29-22)21-25-8-5-9-26-21/h5-9,11-14H,4,10H2,1-3H3,(H3,24,28,29,30,31). The molecule has 3 heterocycles. The molecule has 3 aromatic heterocycles. The largest absolute Gasteiger partial charge is 0.338 e. The molecule has 0 atom stereocenters. The number of aromatic amines is 1. The van der Waals surface area contributed by atoms with Crippen molar-refractivity contribution in [2.75, 3.05) is 11.9 Å². The number of imidazole rings is 1. The number of H-pyrrole nitrogens is 1. The normalized spacial score (nSPS) is 11.1. The third-order valence-corrected chi connectivity index (χ3v) is 4.74. The maximum atomic E-state index is 11.9. The number of pyridine rings is 1. The molecule has 0 bridgehead atoms. The summed E-state index contributed by atoms with van der Waals surface area (Å²) in [7, 11) is 0. The van der Waals surface area contributed by atoms with E-state index in [0.717, 1.165) is 34.3 Å². The molecule has 0 saturated heterocycles. The topological polar surface area (TPSA) is 108 Å². The van der Waals surface area contributed by atoms with E-state index < -0.39 is 0 Å². The number of urea groups is 1. The van der Waals surface area contributed by atoms with Crippen LogP contribution in [0.4, 0.5) is 10.7 Å². The number of fused-ring (bicyclic) bond motifs is 1. The van der Waals surface area contributed by atoms with Crippen molar-refractivity contribution < 1.29 is 4.79 Å². The molecule has 8 nitrogen and oxygen atoms in total. The van der Waals surface area contributed by atoms with Crippen LogP contribution < -0.4 is 10.6 Å². The van der Waals surface area contributed by atoms with Crippen molar-refractivity contribution in [2.45, 2.75) is 27.2 Å². The fourth-order valence-electron chi connectivity index (χ4n) is 3.40. The third kappa shape index (κ3) is 4.69. The molecule has 0 unspecified atom stereocenters. The summed E-state index contributed by atoms with van der Waals surface area (Å²) in [4.78, 5) is 33.1. The van der Waals surface area contributed by atoms with Crippen LogP contribution in [0.2, 0.25) is 0 Å². The summed E-state index contributed by atoms with van der Waals surface area (Å²) in [6.45, 7) is 6.75. The Bertz CT molecular complexity index is 1180. The van der Waals surface area contributed by atoms with Crippen molar-refractivity contribution in [2.24, 2.45) is 5.92 Å². The molecule has 1 aromatic carbocycles. The van der Waals surface area contributed by atoms with Crippen molar-refractivity contribution in [1.29, 1.82) is 0 Å². The fourth-order valence-corrected chi connectivity index (χ4v) is 3.40. The SMILES string of the molecule is CCNC(=O)Nc1nc2c(-c3ncccn3)cc(-c3ccc(CC(C)C)nc3)cc2[nH]1. The number of benzene rings is 1. The molecule has 2 amide bonds. The first kappa shape index (κ1) is 20.5. The van der Waals surface area contributed by atoms with E-state index in [0.29, 0.717) is 29.8 Å². The van der Waals surface area contributed by atoms with Crippen LogP contribution in [0.5, 0.6) is 0 Å². The number of hydrogen-bond donors (Lipinski definition) is 3. The molecule has 0 radical (unpaired) electrons. The number of hydrogen-bond acceptors (Lipinski definition) is 5. The fraction of sp³-hybridized carbons (Fsp3) is 0.261. The second-order valence-electron chi connectivity index (χ2n) is 7.70. The molecule has 0 aliphatic carbocycles. The Morgan fingerprint density at radius 2 is 1.90 bits per heavy atom. The molecule has 0 aliphatic heterocycles. The average Bonchev–Trinajstić information content (AvgIpc) is 3.16. The van der Waals surface area contributed by atoms with Gasteiger partial charge in [-0.2, -0.15) is 0 Å². The summed E-state index contributed by atoms with van der Waals surface area (Å²) in [5.41, 5.74) is 5.26. The lowest BCUT2D eigenvalue weighted by Gasteiger charge is -2.08. The van der Waals surface area contributed by atoms with Crippen molar-refractivity contribution in [1.82, 2.24) is 30.2 Å². The number of carbonyl (C=O) groups is 1. The van der Waals surface area contributed by atoms with Gasteiger partial charge in [-0.05, 0) is 49.1 Å². The van der Waals surface area contributed by atoms with Crippen LogP contribution in [0.25, 0.3) is 33.5 Å². The maximum Gasteiger partial charge on any atom is 0.321 e. The van der Waals surface area contributed by atoms with E-state index in [4.69, 9.17) is 0 Å². The molecule has 0 aliphatic rings. The van der Waals surface area contributed by atoms with E-state index in [1.54, 1.807) is 18.5 Å². The lowest BCUT2D eigenvalue weighted by atomic mass is 10.0. The van der Waals surface area contributed by atoms with Gasteiger partial charge in [-0.15, -0.1) is 0 Å². The number of nitrogens with one attached hydrogen (secondary N) is 3. The summed E-state index contributed by atoms with van der Waals surface area (Å²) < 4.78 is 0. The van der Waals surface area contributed by atoms with Crippen LogP contribution in [0.15, 0.2) is 48.9 Å². The number of carbonyl (C=O) groups excluding carboxylic acids is 1. The summed E-state index contributed by atoms with van der Waals surface area (Å²) in [6, 6.07) is 9.60. The van der Waals surface area contributed by atoms with Gasteiger partial charge in [0.2, 0.25) is 5.95 Å². The molecular formula is C23H25N7O. The van der Waals surface area contributed by atoms with Crippen LogP contribution in [-0.2, 0) is 6.42 Å². The predicted octanol–water partition coefficient (Wildman–Crippen LogP) is 4.42. The van der Waals surface area contributed by atoms with Gasteiger partial charge >= 0.3 is 6.03 Å². The van der Waals surface area contributed by atoms with Crippen LogP contribution in [0.3, 0.4) is 0 Å². The molecular weight excluding hydrogens is 390 g/mol. The van der Waals surface area contributed by atoms with Gasteiger partial charge in [0.15, 0.2) is 5.82 Å². The third-order valence-electron chi connectivity index (χ3n) is 4.74. The average molecular weight is 416 g/mol. The maximum absolute atomic E-state index is 11.9. The minimum Gasteiger partial charge on any atom is -0.338 e. The predicted molar refractivity (Wildman–Crippen MR) is 122 cm³/mol. The molecule has 0 spiro atoms. The van der Waals surface area contributed by atoms with Crippen LogP contribution in [0, 0.1) is 5.92 Å². The van der Waals surface area contributed by atoms with Crippen molar-refractivity contribution >= 4 is 23.0 Å². The highest BCUT2D eigenvalue weighted by Gasteiger charge is 2.15. The van der Waals surface area contributed by atoms with Crippen molar-refractivity contribution in [3.63, 3.8) is 0 Å². The van der Waals surface area contributed by atoms with Crippen molar-refractivity contribution in [3.8, 4) is 22.5 Å². The summed E-state index contributed by atoms with van der Waals surface area (Å²) in [6.07, 6.45) is 6.23. The van der Waals surface area contributed by atoms with E-state index >= 15 is 0 Å². The Morgan fingerprint density at radius 1 is 1.10 bits per heavy atom. The summed E-state index contributed by atoms with van der Waals surface area (Å²) >= 11 is 0. The van der Waals surface area contributed by atoms with Crippen molar-refractivity contribution in [3.05, 3.63) is 54.6 Å². The number of rotatable bonds is 6. The van der Waals surface area contributed by atoms with E-state index in [1.165, 1.54) is 0 Å². The smallest absolute Gasteiger partial charge is 0.321 e. The molecule has 0 saturated carbocycles. The summed E-state index contributed by atoms with van der Waals surface area (Å²) in [5, 5.41) is 5.42. The van der Waals surface area contributed by atoms with Gasteiger partial charge in [-0.1, -0.05) is 19.9 Å². The second kappa shape index (κ2) is 8.91. The minimum atomic E-state index is -0.316. The van der Waals surface area contributed by atoms with Crippen LogP contribution in [0.1, 0.15) is 26.5 Å². The second-order valence-corrected chi connectivity index (χ2v) is 7.70. The molecule has 0 fully saturated rings. The van der Waals surface area contributed by atoms with E-state index in [-0.39, 0.29) is 6.03 Å². The molecule has 31 heavy (non-hydrogen) atoms. The zero-order valence-electron chi connectivity index (χ0n) is 17.8. The zero-order valence-corrected chi connectivity index (χ0v) is 17.8. The Kier molecular flexibility index (Phi) is 5.88. The molecule has 4 rings (SSSR count). The van der Waals surface area contributed by atoms with Gasteiger partial charge in [0.1, 0.15) is 5.52 Å². The monoisotopic (exact) mass is 415 g/mol. The summed E-state index contributed by atoms with van der Waals surface area (Å²) in [5.74, 6) is 1.48. The van der Waals surface area contributed by atoms with Gasteiger partial charge < -0.3 is 10.3 Å². The lowest BCUT2D eigenvalue weighted by Crippen LogP contribution is -2.28. The number of amides is 2. The van der Waals surface area contributed by atoms with E-state index in [1.807, 2.05) is 25.3 Å². The molecule has 4 aromatic rings. The Labute approximate surface area is 180 Å². The highest BCUT2D eigenvalue weighted by Crippen LogP contribution is 2.32. The first-order valence-corrected chi connectivity index (χ1v) is 10.3. The van der Waals surface area contributed by atoms with Crippen LogP contribution in [-0.4, -0.2) is 37.5 Å². The van der Waals surface area contributed by atoms with Gasteiger partial charge in [0.25, 0.3) is 0 Å². The van der Waals surface area contributed by atoms with E-state index in [9.17, 15) is 4.79 Å². The Balaban J connectivity index is 1.78. The lowest BCUT2D eigenvalue weighted by molar-refractivity contribution is 0.252. The molecule has 158 valence electrons. The van der Waals surface area contributed by atoms with E-state index in [2.05, 4.69) is 61.5 Å². The number of aromatic nitrogens is 5. The van der Waals surface area contributed by atoms with Gasteiger partial charge in [-0.3, -0.25) is 10.3 Å². The first-order chi connectivity index (χ1) is 15.0.